The maximum atomic E-state index is 14.0. The van der Waals surface area contributed by atoms with Crippen molar-refractivity contribution >= 4 is 11.7 Å². The number of anilines is 1. The highest BCUT2D eigenvalue weighted by atomic mass is 19.2. The molecule has 0 heterocycles. The van der Waals surface area contributed by atoms with Gasteiger partial charge >= 0.3 is 5.97 Å². The number of rotatable bonds is 4. The summed E-state index contributed by atoms with van der Waals surface area (Å²) in [4.78, 5) is 11.3. The van der Waals surface area contributed by atoms with Gasteiger partial charge in [0, 0.05) is 0 Å². The zero-order chi connectivity index (χ0) is 14.8. The summed E-state index contributed by atoms with van der Waals surface area (Å²) in [5, 5.41) is 12.3. The average Bonchev–Trinajstić information content (AvgIpc) is 2.92. The smallest absolute Gasteiger partial charge is 0.340 e. The van der Waals surface area contributed by atoms with Gasteiger partial charge in [0.05, 0.1) is 30.5 Å². The zero-order valence-corrected chi connectivity index (χ0v) is 11.2. The van der Waals surface area contributed by atoms with E-state index in [0.29, 0.717) is 12.8 Å². The molecule has 1 aliphatic carbocycles. The van der Waals surface area contributed by atoms with E-state index in [1.165, 1.54) is 12.1 Å². The van der Waals surface area contributed by atoms with Crippen LogP contribution in [0.1, 0.15) is 36.0 Å². The van der Waals surface area contributed by atoms with Gasteiger partial charge in [0.15, 0.2) is 11.6 Å². The molecule has 0 amide bonds. The molecule has 4 nitrogen and oxygen atoms in total. The molecular weight excluding hydrogens is 268 g/mol. The number of nitrogens with one attached hydrogen (secondary N) is 1. The van der Waals surface area contributed by atoms with Gasteiger partial charge in [-0.25, -0.2) is 13.6 Å². The normalized spacial score (nSPS) is 17.0. The van der Waals surface area contributed by atoms with E-state index in [2.05, 4.69) is 10.1 Å². The molecule has 1 fully saturated rings. The Morgan fingerprint density at radius 2 is 2.00 bits per heavy atom. The Morgan fingerprint density at radius 3 is 2.55 bits per heavy atom. The Hall–Kier alpha value is -1.69. The first kappa shape index (κ1) is 14.7. The summed E-state index contributed by atoms with van der Waals surface area (Å²) >= 11 is 0. The van der Waals surface area contributed by atoms with Gasteiger partial charge in [-0.2, -0.15) is 0 Å². The highest BCUT2D eigenvalue weighted by Gasteiger charge is 2.34. The number of halogens is 2. The minimum absolute atomic E-state index is 0.0499. The van der Waals surface area contributed by atoms with Crippen LogP contribution in [0.3, 0.4) is 0 Å². The second-order valence-corrected chi connectivity index (χ2v) is 5.05. The van der Waals surface area contributed by atoms with E-state index in [0.717, 1.165) is 20.0 Å². The lowest BCUT2D eigenvalue weighted by molar-refractivity contribution is 0.0594. The fraction of sp³-hybridized carbons (Fsp3) is 0.500. The van der Waals surface area contributed by atoms with E-state index in [1.807, 2.05) is 0 Å². The summed E-state index contributed by atoms with van der Waals surface area (Å²) in [5.74, 6) is -3.30. The predicted molar refractivity (Wildman–Crippen MR) is 69.6 cm³/mol. The Balaban J connectivity index is 2.30. The molecule has 1 aromatic carbocycles. The summed E-state index contributed by atoms with van der Waals surface area (Å²) in [7, 11) is 1.10. The van der Waals surface area contributed by atoms with E-state index < -0.39 is 28.7 Å². The molecule has 1 aliphatic rings. The summed E-state index contributed by atoms with van der Waals surface area (Å²) in [6, 6.07) is 2.47. The Morgan fingerprint density at radius 1 is 1.35 bits per heavy atom. The van der Waals surface area contributed by atoms with Gasteiger partial charge < -0.3 is 15.2 Å². The van der Waals surface area contributed by atoms with Crippen LogP contribution in [0, 0.1) is 11.6 Å². The Kier molecular flexibility index (Phi) is 4.23. The fourth-order valence-electron chi connectivity index (χ4n) is 2.57. The topological polar surface area (TPSA) is 58.6 Å². The van der Waals surface area contributed by atoms with Crippen molar-refractivity contribution in [1.82, 2.24) is 0 Å². The van der Waals surface area contributed by atoms with Crippen molar-refractivity contribution in [2.45, 2.75) is 31.2 Å². The number of aliphatic hydroxyl groups is 1. The average molecular weight is 285 g/mol. The standard InChI is InChI=1S/C14H17F2NO3/c1-20-13(19)9-4-5-10(12(16)11(9)15)17-14(8-18)6-2-3-7-14/h4-5,17-18H,2-3,6-8H2,1H3. The van der Waals surface area contributed by atoms with Crippen molar-refractivity contribution in [3.05, 3.63) is 29.3 Å². The van der Waals surface area contributed by atoms with Crippen LogP contribution < -0.4 is 5.32 Å². The first-order valence-electron chi connectivity index (χ1n) is 6.48. The minimum Gasteiger partial charge on any atom is -0.465 e. The number of hydrogen-bond acceptors (Lipinski definition) is 4. The summed E-state index contributed by atoms with van der Waals surface area (Å²) in [5.41, 5.74) is -1.11. The number of carbonyl (C=O) groups is 1. The second kappa shape index (κ2) is 5.75. The lowest BCUT2D eigenvalue weighted by atomic mass is 9.98. The van der Waals surface area contributed by atoms with Crippen LogP contribution in [0.4, 0.5) is 14.5 Å². The number of esters is 1. The third kappa shape index (κ3) is 2.60. The van der Waals surface area contributed by atoms with Crippen LogP contribution in [0.15, 0.2) is 12.1 Å². The highest BCUT2D eigenvalue weighted by Crippen LogP contribution is 2.34. The minimum atomic E-state index is -1.24. The van der Waals surface area contributed by atoms with Gasteiger partial charge in [0.25, 0.3) is 0 Å². The molecule has 2 rings (SSSR count). The highest BCUT2D eigenvalue weighted by molar-refractivity contribution is 5.90. The van der Waals surface area contributed by atoms with Crippen LogP contribution in [0.2, 0.25) is 0 Å². The van der Waals surface area contributed by atoms with Crippen molar-refractivity contribution in [3.63, 3.8) is 0 Å². The van der Waals surface area contributed by atoms with E-state index in [9.17, 15) is 18.7 Å². The number of methoxy groups -OCH3 is 1. The van der Waals surface area contributed by atoms with Crippen LogP contribution in [0.25, 0.3) is 0 Å². The van der Waals surface area contributed by atoms with Crippen molar-refractivity contribution in [2.24, 2.45) is 0 Å². The molecule has 0 unspecified atom stereocenters. The molecule has 0 spiro atoms. The van der Waals surface area contributed by atoms with Crippen LogP contribution in [0.5, 0.6) is 0 Å². The molecule has 110 valence electrons. The van der Waals surface area contributed by atoms with E-state index >= 15 is 0 Å². The largest absolute Gasteiger partial charge is 0.465 e. The van der Waals surface area contributed by atoms with Crippen molar-refractivity contribution < 1.29 is 23.4 Å². The molecule has 2 N–H and O–H groups in total. The number of carbonyl (C=O) groups excluding carboxylic acids is 1. The number of benzene rings is 1. The molecule has 0 aliphatic heterocycles. The summed E-state index contributed by atoms with van der Waals surface area (Å²) in [6.07, 6.45) is 3.25. The van der Waals surface area contributed by atoms with Crippen LogP contribution in [-0.2, 0) is 4.74 Å². The maximum absolute atomic E-state index is 14.0. The third-order valence-electron chi connectivity index (χ3n) is 3.75. The number of aliphatic hydroxyl groups excluding tert-OH is 1. The lowest BCUT2D eigenvalue weighted by Crippen LogP contribution is -2.39. The third-order valence-corrected chi connectivity index (χ3v) is 3.75. The van der Waals surface area contributed by atoms with Gasteiger partial charge in [-0.15, -0.1) is 0 Å². The number of ether oxygens (including phenoxy) is 1. The molecule has 0 atom stereocenters. The molecule has 6 heteroatoms. The van der Waals surface area contributed by atoms with E-state index in [1.54, 1.807) is 0 Å². The van der Waals surface area contributed by atoms with Crippen LogP contribution >= 0.6 is 0 Å². The molecule has 20 heavy (non-hydrogen) atoms. The van der Waals surface area contributed by atoms with Gasteiger partial charge in [-0.05, 0) is 25.0 Å². The van der Waals surface area contributed by atoms with Crippen LogP contribution in [-0.4, -0.2) is 30.3 Å². The SMILES string of the molecule is COC(=O)c1ccc(NC2(CO)CCCC2)c(F)c1F. The first-order chi connectivity index (χ1) is 9.53. The zero-order valence-electron chi connectivity index (χ0n) is 11.2. The summed E-state index contributed by atoms with van der Waals surface area (Å²) in [6.45, 7) is -0.146. The van der Waals surface area contributed by atoms with Crippen molar-refractivity contribution in [1.29, 1.82) is 0 Å². The quantitative estimate of drug-likeness (QED) is 0.834. The van der Waals surface area contributed by atoms with Crippen molar-refractivity contribution in [3.8, 4) is 0 Å². The van der Waals surface area contributed by atoms with Crippen molar-refractivity contribution in [2.75, 3.05) is 19.0 Å². The molecule has 1 aromatic rings. The maximum Gasteiger partial charge on any atom is 0.340 e. The fourth-order valence-corrected chi connectivity index (χ4v) is 2.57. The molecule has 0 bridgehead atoms. The summed E-state index contributed by atoms with van der Waals surface area (Å²) < 4.78 is 32.2. The molecule has 0 saturated heterocycles. The molecular formula is C14H17F2NO3. The van der Waals surface area contributed by atoms with Gasteiger partial charge in [0.1, 0.15) is 0 Å². The molecule has 1 saturated carbocycles. The lowest BCUT2D eigenvalue weighted by Gasteiger charge is -2.29. The number of hydrogen-bond donors (Lipinski definition) is 2. The van der Waals surface area contributed by atoms with Gasteiger partial charge in [0.2, 0.25) is 0 Å². The monoisotopic (exact) mass is 285 g/mol. The Labute approximate surface area is 115 Å². The predicted octanol–water partition coefficient (Wildman–Crippen LogP) is 2.47. The van der Waals surface area contributed by atoms with E-state index in [4.69, 9.17) is 0 Å². The van der Waals surface area contributed by atoms with Gasteiger partial charge in [-0.3, -0.25) is 0 Å². The van der Waals surface area contributed by atoms with E-state index in [-0.39, 0.29) is 12.3 Å². The second-order valence-electron chi connectivity index (χ2n) is 5.05. The van der Waals surface area contributed by atoms with Gasteiger partial charge in [-0.1, -0.05) is 12.8 Å². The Bertz CT molecular complexity index is 513. The first-order valence-corrected chi connectivity index (χ1v) is 6.48. The molecule has 0 radical (unpaired) electrons. The molecule has 0 aromatic heterocycles.